The van der Waals surface area contributed by atoms with E-state index in [9.17, 15) is 4.79 Å². The summed E-state index contributed by atoms with van der Waals surface area (Å²) in [5.74, 6) is -0.298. The van der Waals surface area contributed by atoms with Gasteiger partial charge in [-0.15, -0.1) is 0 Å². The van der Waals surface area contributed by atoms with Crippen molar-refractivity contribution in [3.05, 3.63) is 66.0 Å². The highest BCUT2D eigenvalue weighted by Crippen LogP contribution is 2.19. The third-order valence-corrected chi connectivity index (χ3v) is 3.61. The fraction of sp³-hybridized carbons (Fsp3) is 0.222. The van der Waals surface area contributed by atoms with Gasteiger partial charge in [0.25, 0.3) is 0 Å². The largest absolute Gasteiger partial charge is 0.461 e. The molecule has 0 saturated carbocycles. The van der Waals surface area contributed by atoms with E-state index in [-0.39, 0.29) is 5.97 Å². The molecule has 0 bridgehead atoms. The molecule has 2 heterocycles. The second-order valence-corrected chi connectivity index (χ2v) is 5.05. The van der Waals surface area contributed by atoms with Crippen molar-refractivity contribution in [2.75, 3.05) is 6.61 Å². The first-order chi connectivity index (χ1) is 10.8. The summed E-state index contributed by atoms with van der Waals surface area (Å²) in [6.45, 7) is 2.87. The number of aryl methyl sites for hydroxylation is 2. The highest BCUT2D eigenvalue weighted by Gasteiger charge is 2.17. The maximum atomic E-state index is 12.2. The summed E-state index contributed by atoms with van der Waals surface area (Å²) >= 11 is 0. The predicted octanol–water partition coefficient (Wildman–Crippen LogP) is 3.46. The molecule has 0 fully saturated rings. The molecule has 112 valence electrons. The maximum Gasteiger partial charge on any atom is 0.355 e. The normalized spacial score (nSPS) is 10.8. The molecular formula is C18H18N2O2. The molecule has 0 amide bonds. The Labute approximate surface area is 129 Å². The summed E-state index contributed by atoms with van der Waals surface area (Å²) < 4.78 is 7.11. The van der Waals surface area contributed by atoms with Crippen molar-refractivity contribution in [2.24, 2.45) is 0 Å². The van der Waals surface area contributed by atoms with Crippen LogP contribution in [0.2, 0.25) is 0 Å². The number of nitrogens with zero attached hydrogens (tertiary/aromatic N) is 2. The lowest BCUT2D eigenvalue weighted by Crippen LogP contribution is -2.13. The Bertz CT molecular complexity index is 778. The molecule has 0 saturated heterocycles. The zero-order valence-corrected chi connectivity index (χ0v) is 12.5. The molecule has 4 nitrogen and oxygen atoms in total. The topological polar surface area (TPSA) is 44.1 Å². The van der Waals surface area contributed by atoms with Gasteiger partial charge in [0, 0.05) is 18.1 Å². The van der Waals surface area contributed by atoms with Gasteiger partial charge in [-0.2, -0.15) is 0 Å². The second-order valence-electron chi connectivity index (χ2n) is 5.05. The number of hydrogen-bond acceptors (Lipinski definition) is 3. The Kier molecular flexibility index (Phi) is 4.19. The minimum Gasteiger partial charge on any atom is -0.461 e. The average molecular weight is 294 g/mol. The molecule has 0 unspecified atom stereocenters. The molecule has 1 aromatic carbocycles. The van der Waals surface area contributed by atoms with Crippen LogP contribution in [-0.2, 0) is 17.7 Å². The van der Waals surface area contributed by atoms with E-state index in [4.69, 9.17) is 4.74 Å². The third kappa shape index (κ3) is 2.86. The fourth-order valence-electron chi connectivity index (χ4n) is 2.57. The average Bonchev–Trinajstić information content (AvgIpc) is 2.93. The minimum absolute atomic E-state index is 0.298. The van der Waals surface area contributed by atoms with E-state index in [1.54, 1.807) is 6.20 Å². The van der Waals surface area contributed by atoms with E-state index in [1.807, 2.05) is 47.9 Å². The summed E-state index contributed by atoms with van der Waals surface area (Å²) in [7, 11) is 0. The Morgan fingerprint density at radius 3 is 2.77 bits per heavy atom. The maximum absolute atomic E-state index is 12.2. The molecule has 4 heteroatoms. The van der Waals surface area contributed by atoms with Crippen molar-refractivity contribution >= 4 is 17.0 Å². The fourth-order valence-corrected chi connectivity index (χ4v) is 2.57. The van der Waals surface area contributed by atoms with Crippen LogP contribution in [0.1, 0.15) is 23.0 Å². The van der Waals surface area contributed by atoms with Crippen LogP contribution in [-0.4, -0.2) is 22.1 Å². The zero-order chi connectivity index (χ0) is 15.4. The lowest BCUT2D eigenvalue weighted by molar-refractivity contribution is 0.0514. The van der Waals surface area contributed by atoms with Crippen LogP contribution in [0.4, 0.5) is 0 Å². The monoisotopic (exact) mass is 294 g/mol. The first-order valence-electron chi connectivity index (χ1n) is 7.45. The number of benzene rings is 1. The standard InChI is InChI=1S/C18H18N2O2/c1-2-22-18(21)16-13-15-9-6-11-19-17(15)20(16)12-10-14-7-4-3-5-8-14/h3-9,11,13H,2,10,12H2,1H3. The Morgan fingerprint density at radius 1 is 1.18 bits per heavy atom. The molecule has 0 aliphatic rings. The lowest BCUT2D eigenvalue weighted by Gasteiger charge is -2.09. The summed E-state index contributed by atoms with van der Waals surface area (Å²) in [5.41, 5.74) is 2.61. The molecule has 0 atom stereocenters. The highest BCUT2D eigenvalue weighted by atomic mass is 16.5. The van der Waals surface area contributed by atoms with E-state index in [0.717, 1.165) is 17.5 Å². The quantitative estimate of drug-likeness (QED) is 0.677. The molecule has 0 spiro atoms. The van der Waals surface area contributed by atoms with E-state index < -0.39 is 0 Å². The number of hydrogen-bond donors (Lipinski definition) is 0. The number of carbonyl (C=O) groups excluding carboxylic acids is 1. The first kappa shape index (κ1) is 14.3. The van der Waals surface area contributed by atoms with Gasteiger partial charge in [-0.3, -0.25) is 0 Å². The van der Waals surface area contributed by atoms with Gasteiger partial charge in [0.05, 0.1) is 6.61 Å². The van der Waals surface area contributed by atoms with Gasteiger partial charge >= 0.3 is 5.97 Å². The third-order valence-electron chi connectivity index (χ3n) is 3.61. The van der Waals surface area contributed by atoms with Crippen LogP contribution in [0, 0.1) is 0 Å². The summed E-state index contributed by atoms with van der Waals surface area (Å²) in [5, 5.41) is 0.957. The number of aromatic nitrogens is 2. The van der Waals surface area contributed by atoms with Crippen LogP contribution >= 0.6 is 0 Å². The van der Waals surface area contributed by atoms with Gasteiger partial charge in [0.15, 0.2) is 0 Å². The van der Waals surface area contributed by atoms with Gasteiger partial charge in [-0.1, -0.05) is 30.3 Å². The van der Waals surface area contributed by atoms with Crippen LogP contribution < -0.4 is 0 Å². The van der Waals surface area contributed by atoms with Gasteiger partial charge in [-0.05, 0) is 37.1 Å². The van der Waals surface area contributed by atoms with Crippen molar-refractivity contribution in [3.63, 3.8) is 0 Å². The molecule has 0 aliphatic carbocycles. The van der Waals surface area contributed by atoms with Crippen LogP contribution in [0.25, 0.3) is 11.0 Å². The molecule has 3 aromatic rings. The van der Waals surface area contributed by atoms with E-state index >= 15 is 0 Å². The van der Waals surface area contributed by atoms with Gasteiger partial charge in [-0.25, -0.2) is 9.78 Å². The molecule has 0 aliphatic heterocycles. The molecule has 0 radical (unpaired) electrons. The predicted molar refractivity (Wildman–Crippen MR) is 85.8 cm³/mol. The zero-order valence-electron chi connectivity index (χ0n) is 12.5. The SMILES string of the molecule is CCOC(=O)c1cc2cccnc2n1CCc1ccccc1. The van der Waals surface area contributed by atoms with Crippen molar-refractivity contribution < 1.29 is 9.53 Å². The molecule has 0 N–H and O–H groups in total. The Morgan fingerprint density at radius 2 is 2.00 bits per heavy atom. The first-order valence-corrected chi connectivity index (χ1v) is 7.45. The van der Waals surface area contributed by atoms with Gasteiger partial charge in [0.1, 0.15) is 11.3 Å². The van der Waals surface area contributed by atoms with Crippen molar-refractivity contribution in [1.29, 1.82) is 0 Å². The van der Waals surface area contributed by atoms with E-state index in [2.05, 4.69) is 17.1 Å². The van der Waals surface area contributed by atoms with Crippen molar-refractivity contribution in [3.8, 4) is 0 Å². The van der Waals surface area contributed by atoms with Crippen molar-refractivity contribution in [2.45, 2.75) is 19.9 Å². The summed E-state index contributed by atoms with van der Waals surface area (Å²) in [6.07, 6.45) is 2.59. The van der Waals surface area contributed by atoms with Crippen LogP contribution in [0.15, 0.2) is 54.7 Å². The number of carbonyl (C=O) groups is 1. The number of pyridine rings is 1. The van der Waals surface area contributed by atoms with Gasteiger partial charge in [0.2, 0.25) is 0 Å². The van der Waals surface area contributed by atoms with Crippen molar-refractivity contribution in [1.82, 2.24) is 9.55 Å². The summed E-state index contributed by atoms with van der Waals surface area (Å²) in [6, 6.07) is 15.9. The second kappa shape index (κ2) is 6.43. The highest BCUT2D eigenvalue weighted by molar-refractivity contribution is 5.94. The Balaban J connectivity index is 1.95. The van der Waals surface area contributed by atoms with Crippen LogP contribution in [0.5, 0.6) is 0 Å². The molecular weight excluding hydrogens is 276 g/mol. The number of rotatable bonds is 5. The Hall–Kier alpha value is -2.62. The van der Waals surface area contributed by atoms with E-state index in [0.29, 0.717) is 18.8 Å². The number of esters is 1. The van der Waals surface area contributed by atoms with Crippen LogP contribution in [0.3, 0.4) is 0 Å². The molecule has 22 heavy (non-hydrogen) atoms. The van der Waals surface area contributed by atoms with E-state index in [1.165, 1.54) is 5.56 Å². The van der Waals surface area contributed by atoms with Gasteiger partial charge < -0.3 is 9.30 Å². The lowest BCUT2D eigenvalue weighted by atomic mass is 10.1. The molecule has 3 rings (SSSR count). The molecule has 2 aromatic heterocycles. The number of fused-ring (bicyclic) bond motifs is 1. The number of ether oxygens (including phenoxy) is 1. The summed E-state index contributed by atoms with van der Waals surface area (Å²) in [4.78, 5) is 16.6. The minimum atomic E-state index is -0.298. The smallest absolute Gasteiger partial charge is 0.355 e.